The van der Waals surface area contributed by atoms with Crippen LogP contribution in [0.2, 0.25) is 0 Å². The van der Waals surface area contributed by atoms with Crippen molar-refractivity contribution in [2.24, 2.45) is 0 Å². The van der Waals surface area contributed by atoms with Crippen molar-refractivity contribution in [3.05, 3.63) is 145 Å². The van der Waals surface area contributed by atoms with Crippen LogP contribution in [0.3, 0.4) is 0 Å². The Kier molecular flexibility index (Phi) is 9.07. The maximum absolute atomic E-state index is 15.0. The van der Waals surface area contributed by atoms with Crippen LogP contribution >= 0.6 is 0 Å². The maximum Gasteiger partial charge on any atom is 0.269 e. The number of nitrogens with zero attached hydrogens (tertiary/aromatic N) is 6. The summed E-state index contributed by atoms with van der Waals surface area (Å²) in [5, 5.41) is 3.61. The number of hydrazine groups is 1. The standard InChI is InChI=1S/C34H30F2N6O4S2/c1-39(21-25-17-33(29-11-3-5-13-31(29)35)41(23-25)47(43,44)27-9-7-15-37-19-27)40(2)22-26-18-34(30-12-4-6-14-32(30)36)42(24-26)48(45,46)28-10-8-16-38-20-28/h3-20,23-24H,21-22H2,1-2H3. The van der Waals surface area contributed by atoms with Crippen molar-refractivity contribution in [2.75, 3.05) is 14.1 Å². The summed E-state index contributed by atoms with van der Waals surface area (Å²) in [5.74, 6) is -1.15. The van der Waals surface area contributed by atoms with Crippen LogP contribution in [-0.4, -0.2) is 58.9 Å². The van der Waals surface area contributed by atoms with E-state index in [9.17, 15) is 25.6 Å². The summed E-state index contributed by atoms with van der Waals surface area (Å²) in [6, 6.07) is 20.9. The quantitative estimate of drug-likeness (QED) is 0.161. The summed E-state index contributed by atoms with van der Waals surface area (Å²) in [7, 11) is -4.70. The van der Waals surface area contributed by atoms with Gasteiger partial charge in [-0.2, -0.15) is 0 Å². The average Bonchev–Trinajstić information content (AvgIpc) is 3.71. The van der Waals surface area contributed by atoms with Gasteiger partial charge in [-0.25, -0.2) is 43.6 Å². The number of aromatic nitrogens is 4. The van der Waals surface area contributed by atoms with Gasteiger partial charge in [0, 0.05) is 75.5 Å². The average molecular weight is 689 g/mol. The Bertz CT molecular complexity index is 2130. The van der Waals surface area contributed by atoms with Crippen LogP contribution in [-0.2, 0) is 33.1 Å². The van der Waals surface area contributed by atoms with Crippen molar-refractivity contribution in [3.8, 4) is 22.5 Å². The van der Waals surface area contributed by atoms with E-state index >= 15 is 0 Å². The Morgan fingerprint density at radius 2 is 1.00 bits per heavy atom. The molecule has 0 saturated heterocycles. The molecule has 2 aromatic carbocycles. The van der Waals surface area contributed by atoms with Gasteiger partial charge in [0.15, 0.2) is 0 Å². The molecule has 0 aliphatic rings. The van der Waals surface area contributed by atoms with E-state index in [1.54, 1.807) is 48.4 Å². The molecule has 0 unspecified atom stereocenters. The van der Waals surface area contributed by atoms with Crippen molar-refractivity contribution in [2.45, 2.75) is 22.9 Å². The van der Waals surface area contributed by atoms with Gasteiger partial charge in [0.1, 0.15) is 21.4 Å². The highest BCUT2D eigenvalue weighted by molar-refractivity contribution is 7.90. The van der Waals surface area contributed by atoms with E-state index in [2.05, 4.69) is 9.97 Å². The van der Waals surface area contributed by atoms with E-state index in [1.807, 2.05) is 0 Å². The number of hydrogen-bond acceptors (Lipinski definition) is 8. The van der Waals surface area contributed by atoms with Gasteiger partial charge in [-0.05, 0) is 71.8 Å². The van der Waals surface area contributed by atoms with Crippen LogP contribution in [0.25, 0.3) is 22.5 Å². The normalized spacial score (nSPS) is 12.2. The number of hydrogen-bond donors (Lipinski definition) is 0. The molecule has 0 spiro atoms. The minimum Gasteiger partial charge on any atom is -0.263 e. The third-order valence-corrected chi connectivity index (χ3v) is 11.1. The van der Waals surface area contributed by atoms with E-state index in [1.165, 1.54) is 97.8 Å². The van der Waals surface area contributed by atoms with Crippen molar-refractivity contribution in [3.63, 3.8) is 0 Å². The van der Waals surface area contributed by atoms with Crippen molar-refractivity contribution < 1.29 is 25.6 Å². The summed E-state index contributed by atoms with van der Waals surface area (Å²) in [5.41, 5.74) is 1.66. The summed E-state index contributed by atoms with van der Waals surface area (Å²) in [4.78, 5) is 7.77. The van der Waals surface area contributed by atoms with E-state index in [0.717, 1.165) is 7.94 Å². The highest BCUT2D eigenvalue weighted by Crippen LogP contribution is 2.31. The molecule has 4 aromatic heterocycles. The van der Waals surface area contributed by atoms with Crippen molar-refractivity contribution >= 4 is 20.0 Å². The predicted molar refractivity (Wildman–Crippen MR) is 176 cm³/mol. The van der Waals surface area contributed by atoms with Crippen LogP contribution in [0.1, 0.15) is 11.1 Å². The molecule has 0 bridgehead atoms. The number of benzene rings is 2. The molecule has 0 atom stereocenters. The third kappa shape index (κ3) is 6.42. The highest BCUT2D eigenvalue weighted by Gasteiger charge is 2.26. The van der Waals surface area contributed by atoms with Crippen molar-refractivity contribution in [1.82, 2.24) is 27.9 Å². The topological polar surface area (TPSA) is 110 Å². The summed E-state index contributed by atoms with van der Waals surface area (Å²) >= 11 is 0. The van der Waals surface area contributed by atoms with E-state index in [4.69, 9.17) is 0 Å². The smallest absolute Gasteiger partial charge is 0.263 e. The first-order chi connectivity index (χ1) is 23.0. The molecule has 0 N–H and O–H groups in total. The fourth-order valence-electron chi connectivity index (χ4n) is 5.29. The largest absolute Gasteiger partial charge is 0.269 e. The highest BCUT2D eigenvalue weighted by atomic mass is 32.2. The molecule has 0 aliphatic carbocycles. The molecule has 6 aromatic rings. The molecule has 246 valence electrons. The Labute approximate surface area is 277 Å². The lowest BCUT2D eigenvalue weighted by Crippen LogP contribution is -2.35. The second kappa shape index (κ2) is 13.2. The molecule has 6 rings (SSSR count). The van der Waals surface area contributed by atoms with Crippen molar-refractivity contribution in [1.29, 1.82) is 0 Å². The molecular weight excluding hydrogens is 659 g/mol. The molecular formula is C34H30F2N6O4S2. The first kappa shape index (κ1) is 32.9. The van der Waals surface area contributed by atoms with Crippen LogP contribution in [0.5, 0.6) is 0 Å². The molecule has 0 radical (unpaired) electrons. The SMILES string of the molecule is CN(Cc1cc(-c2ccccc2F)n(S(=O)(=O)c2cccnc2)c1)N(C)Cc1cc(-c2ccccc2F)n(S(=O)(=O)c2cccnc2)c1. The van der Waals surface area contributed by atoms with E-state index < -0.39 is 31.7 Å². The first-order valence-electron chi connectivity index (χ1n) is 14.6. The second-order valence-corrected chi connectivity index (χ2v) is 14.7. The van der Waals surface area contributed by atoms with Crippen LogP contribution in [0, 0.1) is 11.6 Å². The van der Waals surface area contributed by atoms with Gasteiger partial charge >= 0.3 is 0 Å². The summed E-state index contributed by atoms with van der Waals surface area (Å²) < 4.78 is 86.7. The fourth-order valence-corrected chi connectivity index (χ4v) is 8.00. The molecule has 10 nitrogen and oxygen atoms in total. The molecule has 0 saturated carbocycles. The predicted octanol–water partition coefficient (Wildman–Crippen LogP) is 5.64. The Morgan fingerprint density at radius 1 is 0.604 bits per heavy atom. The number of rotatable bonds is 11. The lowest BCUT2D eigenvalue weighted by atomic mass is 10.1. The zero-order valence-electron chi connectivity index (χ0n) is 25.8. The number of pyridine rings is 2. The lowest BCUT2D eigenvalue weighted by Gasteiger charge is -2.27. The van der Waals surface area contributed by atoms with Crippen LogP contribution in [0.15, 0.2) is 132 Å². The van der Waals surface area contributed by atoms with Gasteiger partial charge in [0.05, 0.1) is 11.4 Å². The van der Waals surface area contributed by atoms with Crippen LogP contribution < -0.4 is 0 Å². The van der Waals surface area contributed by atoms with Gasteiger partial charge in [0.25, 0.3) is 20.0 Å². The third-order valence-electron chi connectivity index (χ3n) is 7.77. The Hall–Kier alpha value is -5.02. The van der Waals surface area contributed by atoms with Crippen LogP contribution in [0.4, 0.5) is 8.78 Å². The minimum absolute atomic E-state index is 0.0494. The zero-order valence-corrected chi connectivity index (χ0v) is 27.5. The Morgan fingerprint density at radius 3 is 1.35 bits per heavy atom. The molecule has 14 heteroatoms. The summed E-state index contributed by atoms with van der Waals surface area (Å²) in [6.07, 6.45) is 8.28. The monoisotopic (exact) mass is 688 g/mol. The number of halogens is 2. The molecule has 48 heavy (non-hydrogen) atoms. The van der Waals surface area contributed by atoms with E-state index in [0.29, 0.717) is 11.1 Å². The maximum atomic E-state index is 15.0. The molecule has 4 heterocycles. The second-order valence-electron chi connectivity index (χ2n) is 11.0. The van der Waals surface area contributed by atoms with E-state index in [-0.39, 0.29) is 45.4 Å². The zero-order chi connectivity index (χ0) is 34.1. The summed E-state index contributed by atoms with van der Waals surface area (Å²) in [6.45, 7) is 0.421. The molecule has 0 aliphatic heterocycles. The van der Waals surface area contributed by atoms with Gasteiger partial charge in [-0.1, -0.05) is 24.3 Å². The molecule has 0 amide bonds. The fraction of sp³-hybridized carbons (Fsp3) is 0.118. The first-order valence-corrected chi connectivity index (χ1v) is 17.5. The Balaban J connectivity index is 1.32. The molecule has 0 fully saturated rings. The van der Waals surface area contributed by atoms with Gasteiger partial charge < -0.3 is 0 Å². The van der Waals surface area contributed by atoms with Gasteiger partial charge in [-0.3, -0.25) is 9.97 Å². The van der Waals surface area contributed by atoms with Gasteiger partial charge in [0.2, 0.25) is 0 Å². The minimum atomic E-state index is -4.13. The lowest BCUT2D eigenvalue weighted by molar-refractivity contribution is 0.0110. The van der Waals surface area contributed by atoms with Gasteiger partial charge in [-0.15, -0.1) is 0 Å².